The van der Waals surface area contributed by atoms with Gasteiger partial charge in [-0.1, -0.05) is 44.2 Å². The van der Waals surface area contributed by atoms with Crippen molar-refractivity contribution >= 4 is 6.03 Å². The molecule has 24 heavy (non-hydrogen) atoms. The number of aromatic nitrogens is 1. The summed E-state index contributed by atoms with van der Waals surface area (Å²) in [5, 5.41) is 15.7. The number of carbonyl (C=O) groups is 1. The van der Waals surface area contributed by atoms with Gasteiger partial charge in [0.2, 0.25) is 0 Å². The molecule has 5 nitrogen and oxygen atoms in total. The number of nitrogens with zero attached hydrogens (tertiary/aromatic N) is 1. The molecule has 0 saturated carbocycles. The highest BCUT2D eigenvalue weighted by Crippen LogP contribution is 2.21. The van der Waals surface area contributed by atoms with Crippen LogP contribution >= 0.6 is 0 Å². The highest BCUT2D eigenvalue weighted by atomic mass is 16.3. The van der Waals surface area contributed by atoms with Crippen LogP contribution in [0.25, 0.3) is 0 Å². The summed E-state index contributed by atoms with van der Waals surface area (Å²) in [6.07, 6.45) is 3.41. The molecule has 0 aliphatic rings. The van der Waals surface area contributed by atoms with Crippen LogP contribution in [0.2, 0.25) is 0 Å². The van der Waals surface area contributed by atoms with Gasteiger partial charge in [-0.15, -0.1) is 0 Å². The first kappa shape index (κ1) is 17.9. The fourth-order valence-electron chi connectivity index (χ4n) is 2.43. The van der Waals surface area contributed by atoms with Gasteiger partial charge in [-0.05, 0) is 29.7 Å². The first-order valence-electron chi connectivity index (χ1n) is 8.14. The number of rotatable bonds is 7. The molecular formula is C19H25N3O2. The first-order valence-corrected chi connectivity index (χ1v) is 8.14. The third-order valence-electron chi connectivity index (χ3n) is 4.04. The van der Waals surface area contributed by atoms with Crippen LogP contribution in [0.1, 0.15) is 37.5 Å². The van der Waals surface area contributed by atoms with E-state index in [1.165, 1.54) is 0 Å². The maximum Gasteiger partial charge on any atom is 0.314 e. The molecule has 0 aliphatic carbocycles. The Bertz CT molecular complexity index is 630. The topological polar surface area (TPSA) is 74.2 Å². The van der Waals surface area contributed by atoms with Gasteiger partial charge in [0.1, 0.15) is 0 Å². The summed E-state index contributed by atoms with van der Waals surface area (Å²) in [5.74, 6) is 0. The van der Waals surface area contributed by atoms with Gasteiger partial charge < -0.3 is 15.7 Å². The molecule has 1 unspecified atom stereocenters. The highest BCUT2D eigenvalue weighted by Gasteiger charge is 2.21. The van der Waals surface area contributed by atoms with E-state index in [9.17, 15) is 9.90 Å². The Morgan fingerprint density at radius 3 is 2.46 bits per heavy atom. The number of hydrogen-bond donors (Lipinski definition) is 3. The van der Waals surface area contributed by atoms with Crippen LogP contribution in [0.5, 0.6) is 0 Å². The van der Waals surface area contributed by atoms with E-state index in [0.29, 0.717) is 19.5 Å². The molecule has 1 aromatic heterocycles. The summed E-state index contributed by atoms with van der Waals surface area (Å²) >= 11 is 0. The third-order valence-corrected chi connectivity index (χ3v) is 4.04. The summed E-state index contributed by atoms with van der Waals surface area (Å²) in [7, 11) is 0. The molecule has 2 aromatic rings. The Morgan fingerprint density at radius 2 is 1.79 bits per heavy atom. The minimum absolute atomic E-state index is 0.177. The fourth-order valence-corrected chi connectivity index (χ4v) is 2.43. The van der Waals surface area contributed by atoms with Gasteiger partial charge in [0.25, 0.3) is 0 Å². The molecule has 0 bridgehead atoms. The van der Waals surface area contributed by atoms with Crippen molar-refractivity contribution in [1.29, 1.82) is 0 Å². The average Bonchev–Trinajstić information content (AvgIpc) is 2.61. The zero-order chi connectivity index (χ0) is 17.4. The first-order chi connectivity index (χ1) is 11.5. The van der Waals surface area contributed by atoms with Crippen LogP contribution in [-0.4, -0.2) is 29.2 Å². The predicted octanol–water partition coefficient (Wildman–Crippen LogP) is 2.78. The molecule has 0 fully saturated rings. The number of benzene rings is 1. The van der Waals surface area contributed by atoms with Crippen LogP contribution in [0.15, 0.2) is 54.9 Å². The summed E-state index contributed by atoms with van der Waals surface area (Å²) in [4.78, 5) is 15.9. The SMILES string of the molecule is CC(C)(CNC(=O)NCCC(O)c1ccccc1)c1ccncc1. The van der Waals surface area contributed by atoms with E-state index in [4.69, 9.17) is 0 Å². The summed E-state index contributed by atoms with van der Waals surface area (Å²) < 4.78 is 0. The van der Waals surface area contributed by atoms with E-state index in [2.05, 4.69) is 29.5 Å². The largest absolute Gasteiger partial charge is 0.388 e. The van der Waals surface area contributed by atoms with Crippen molar-refractivity contribution in [3.8, 4) is 0 Å². The van der Waals surface area contributed by atoms with Crippen LogP contribution in [0.4, 0.5) is 4.79 Å². The van der Waals surface area contributed by atoms with Crippen LogP contribution in [0.3, 0.4) is 0 Å². The van der Waals surface area contributed by atoms with Gasteiger partial charge in [-0.3, -0.25) is 4.98 Å². The molecule has 1 heterocycles. The minimum atomic E-state index is -0.570. The smallest absolute Gasteiger partial charge is 0.314 e. The van der Waals surface area contributed by atoms with Gasteiger partial charge in [-0.2, -0.15) is 0 Å². The predicted molar refractivity (Wildman–Crippen MR) is 94.7 cm³/mol. The van der Waals surface area contributed by atoms with E-state index in [1.807, 2.05) is 42.5 Å². The molecule has 1 atom stereocenters. The van der Waals surface area contributed by atoms with Crippen molar-refractivity contribution in [2.24, 2.45) is 0 Å². The number of pyridine rings is 1. The van der Waals surface area contributed by atoms with Gasteiger partial charge in [0.05, 0.1) is 6.10 Å². The lowest BCUT2D eigenvalue weighted by atomic mass is 9.85. The molecule has 5 heteroatoms. The number of urea groups is 1. The van der Waals surface area contributed by atoms with E-state index in [0.717, 1.165) is 11.1 Å². The maximum atomic E-state index is 11.9. The van der Waals surface area contributed by atoms with E-state index in [-0.39, 0.29) is 11.4 Å². The standard InChI is InChI=1S/C19H25N3O2/c1-19(2,16-8-11-20-12-9-16)14-22-18(24)21-13-10-17(23)15-6-4-3-5-7-15/h3-9,11-12,17,23H,10,13-14H2,1-2H3,(H2,21,22,24). The molecule has 1 aromatic carbocycles. The third kappa shape index (κ3) is 5.35. The van der Waals surface area contributed by atoms with Crippen molar-refractivity contribution in [1.82, 2.24) is 15.6 Å². The van der Waals surface area contributed by atoms with E-state index in [1.54, 1.807) is 12.4 Å². The quantitative estimate of drug-likeness (QED) is 0.732. The van der Waals surface area contributed by atoms with E-state index < -0.39 is 6.10 Å². The van der Waals surface area contributed by atoms with Crippen LogP contribution in [-0.2, 0) is 5.41 Å². The maximum absolute atomic E-state index is 11.9. The minimum Gasteiger partial charge on any atom is -0.388 e. The Morgan fingerprint density at radius 1 is 1.12 bits per heavy atom. The van der Waals surface area contributed by atoms with Crippen molar-refractivity contribution in [2.45, 2.75) is 31.8 Å². The van der Waals surface area contributed by atoms with Crippen LogP contribution < -0.4 is 10.6 Å². The second-order valence-corrected chi connectivity index (χ2v) is 6.44. The van der Waals surface area contributed by atoms with E-state index >= 15 is 0 Å². The Kier molecular flexibility index (Phi) is 6.32. The fraction of sp³-hybridized carbons (Fsp3) is 0.368. The second-order valence-electron chi connectivity index (χ2n) is 6.44. The Labute approximate surface area is 143 Å². The monoisotopic (exact) mass is 327 g/mol. The van der Waals surface area contributed by atoms with Crippen molar-refractivity contribution in [3.05, 3.63) is 66.0 Å². The lowest BCUT2D eigenvalue weighted by molar-refractivity contribution is 0.167. The lowest BCUT2D eigenvalue weighted by Crippen LogP contribution is -2.42. The van der Waals surface area contributed by atoms with Crippen molar-refractivity contribution < 1.29 is 9.90 Å². The molecule has 2 amide bonds. The van der Waals surface area contributed by atoms with Gasteiger partial charge in [0, 0.05) is 30.9 Å². The number of aliphatic hydroxyl groups excluding tert-OH is 1. The number of hydrogen-bond acceptors (Lipinski definition) is 3. The van der Waals surface area contributed by atoms with Crippen LogP contribution in [0, 0.1) is 0 Å². The average molecular weight is 327 g/mol. The van der Waals surface area contributed by atoms with Crippen molar-refractivity contribution in [2.75, 3.05) is 13.1 Å². The molecule has 2 rings (SSSR count). The molecular weight excluding hydrogens is 302 g/mol. The lowest BCUT2D eigenvalue weighted by Gasteiger charge is -2.25. The molecule has 0 saturated heterocycles. The second kappa shape index (κ2) is 8.45. The zero-order valence-electron chi connectivity index (χ0n) is 14.2. The molecule has 0 aliphatic heterocycles. The Hall–Kier alpha value is -2.40. The molecule has 128 valence electrons. The number of amides is 2. The summed E-state index contributed by atoms with van der Waals surface area (Å²) in [5.41, 5.74) is 1.81. The van der Waals surface area contributed by atoms with Gasteiger partial charge in [-0.25, -0.2) is 4.79 Å². The van der Waals surface area contributed by atoms with Crippen molar-refractivity contribution in [3.63, 3.8) is 0 Å². The summed E-state index contributed by atoms with van der Waals surface area (Å²) in [6.45, 7) is 5.07. The molecule has 3 N–H and O–H groups in total. The van der Waals surface area contributed by atoms with Gasteiger partial charge >= 0.3 is 6.03 Å². The molecule has 0 spiro atoms. The van der Waals surface area contributed by atoms with Gasteiger partial charge in [0.15, 0.2) is 0 Å². The molecule has 0 radical (unpaired) electrons. The normalized spacial score (nSPS) is 12.5. The Balaban J connectivity index is 1.72. The number of aliphatic hydroxyl groups is 1. The summed E-state index contributed by atoms with van der Waals surface area (Å²) in [6, 6.07) is 13.1. The zero-order valence-corrected chi connectivity index (χ0v) is 14.2. The highest BCUT2D eigenvalue weighted by molar-refractivity contribution is 5.73. The number of nitrogens with one attached hydrogen (secondary N) is 2. The number of carbonyl (C=O) groups excluding carboxylic acids is 1.